The van der Waals surface area contributed by atoms with Gasteiger partial charge in [0.25, 0.3) is 0 Å². The highest BCUT2D eigenvalue weighted by Gasteiger charge is 2.40. The normalized spacial score (nSPS) is 26.6. The first-order valence-electron chi connectivity index (χ1n) is 4.08. The number of nitrogens with zero attached hydrogens (tertiary/aromatic N) is 1. The number of aliphatic hydroxyl groups excluding tert-OH is 1. The molecule has 1 aliphatic heterocycles. The molecular formula is C7H15NO4S. The lowest BCUT2D eigenvalue weighted by Crippen LogP contribution is -2.41. The van der Waals surface area contributed by atoms with Crippen LogP contribution in [0.4, 0.5) is 0 Å². The average molecular weight is 209 g/mol. The first kappa shape index (κ1) is 10.9. The number of aliphatic hydroxyl groups is 1. The minimum Gasteiger partial charge on any atom is -0.389 e. The molecule has 0 amide bonds. The second-order valence-corrected chi connectivity index (χ2v) is 6.63. The third-order valence-corrected chi connectivity index (χ3v) is 4.15. The number of sulfonamides is 1. The molecule has 1 fully saturated rings. The summed E-state index contributed by atoms with van der Waals surface area (Å²) in [5, 5.41) is 9.10. The van der Waals surface area contributed by atoms with E-state index in [0.717, 1.165) is 4.47 Å². The molecule has 1 aliphatic rings. The van der Waals surface area contributed by atoms with Crippen molar-refractivity contribution in [1.82, 2.24) is 4.47 Å². The van der Waals surface area contributed by atoms with Crippen LogP contribution >= 0.6 is 0 Å². The second kappa shape index (κ2) is 3.20. The van der Waals surface area contributed by atoms with Crippen molar-refractivity contribution in [2.45, 2.75) is 31.6 Å². The molecule has 0 saturated carbocycles. The molecule has 0 aliphatic carbocycles. The van der Waals surface area contributed by atoms with Crippen molar-refractivity contribution in [3.8, 4) is 0 Å². The first-order chi connectivity index (χ1) is 5.75. The molecule has 5 nitrogen and oxygen atoms in total. The Kier molecular flexibility index (Phi) is 2.68. The van der Waals surface area contributed by atoms with Crippen LogP contribution in [0.1, 0.15) is 20.8 Å². The molecule has 0 unspecified atom stereocenters. The van der Waals surface area contributed by atoms with E-state index >= 15 is 0 Å². The molecule has 1 rings (SSSR count). The van der Waals surface area contributed by atoms with Gasteiger partial charge < -0.3 is 5.11 Å². The van der Waals surface area contributed by atoms with Gasteiger partial charge in [-0.25, -0.2) is 8.42 Å². The second-order valence-electron chi connectivity index (χ2n) is 4.05. The molecule has 0 spiro atoms. The van der Waals surface area contributed by atoms with E-state index in [1.165, 1.54) is 0 Å². The Bertz CT molecular complexity index is 279. The fourth-order valence-electron chi connectivity index (χ4n) is 0.920. The predicted octanol–water partition coefficient (Wildman–Crippen LogP) is -0.277. The van der Waals surface area contributed by atoms with Gasteiger partial charge in [0.2, 0.25) is 10.0 Å². The lowest BCUT2D eigenvalue weighted by molar-refractivity contribution is -0.0334. The third-order valence-electron chi connectivity index (χ3n) is 1.81. The molecule has 0 aromatic carbocycles. The summed E-state index contributed by atoms with van der Waals surface area (Å²) in [6.07, 6.45) is -0.711. The van der Waals surface area contributed by atoms with Crippen molar-refractivity contribution in [3.63, 3.8) is 0 Å². The summed E-state index contributed by atoms with van der Waals surface area (Å²) in [6.45, 7) is 4.86. The molecule has 0 bridgehead atoms. The summed E-state index contributed by atoms with van der Waals surface area (Å²) in [4.78, 5) is 4.85. The highest BCUT2D eigenvalue weighted by Crippen LogP contribution is 2.23. The van der Waals surface area contributed by atoms with E-state index in [2.05, 4.69) is 0 Å². The number of hydrogen-bond acceptors (Lipinski definition) is 4. The van der Waals surface area contributed by atoms with Gasteiger partial charge in [-0.05, 0) is 20.8 Å². The Labute approximate surface area is 78.3 Å². The Morgan fingerprint density at radius 3 is 2.31 bits per heavy atom. The topological polar surface area (TPSA) is 66.8 Å². The quantitative estimate of drug-likeness (QED) is 0.645. The smallest absolute Gasteiger partial charge is 0.241 e. The van der Waals surface area contributed by atoms with E-state index in [-0.39, 0.29) is 13.2 Å². The van der Waals surface area contributed by atoms with Gasteiger partial charge in [0, 0.05) is 0 Å². The zero-order valence-electron chi connectivity index (χ0n) is 8.02. The largest absolute Gasteiger partial charge is 0.389 e. The van der Waals surface area contributed by atoms with Crippen LogP contribution in [0.15, 0.2) is 0 Å². The van der Waals surface area contributed by atoms with Gasteiger partial charge in [-0.3, -0.25) is 4.84 Å². The summed E-state index contributed by atoms with van der Waals surface area (Å²) >= 11 is 0. The van der Waals surface area contributed by atoms with Gasteiger partial charge >= 0.3 is 0 Å². The minimum absolute atomic E-state index is 0.0274. The van der Waals surface area contributed by atoms with Crippen molar-refractivity contribution in [3.05, 3.63) is 0 Å². The van der Waals surface area contributed by atoms with E-state index in [1.807, 2.05) is 0 Å². The van der Waals surface area contributed by atoms with Crippen LogP contribution in [0.2, 0.25) is 0 Å². The first-order valence-corrected chi connectivity index (χ1v) is 5.52. The SMILES string of the molecule is CC(C)(C)S(=O)(=O)N1C[C@H](O)CO1. The molecule has 0 aromatic heterocycles. The van der Waals surface area contributed by atoms with E-state index in [1.54, 1.807) is 20.8 Å². The van der Waals surface area contributed by atoms with Crippen LogP contribution in [-0.4, -0.2) is 42.0 Å². The number of hydroxylamine groups is 1. The Morgan fingerprint density at radius 2 is 2.00 bits per heavy atom. The minimum atomic E-state index is -3.46. The highest BCUT2D eigenvalue weighted by atomic mass is 32.2. The maximum Gasteiger partial charge on any atom is 0.241 e. The van der Waals surface area contributed by atoms with E-state index in [0.29, 0.717) is 0 Å². The highest BCUT2D eigenvalue weighted by molar-refractivity contribution is 7.90. The third kappa shape index (κ3) is 2.01. The van der Waals surface area contributed by atoms with Gasteiger partial charge in [-0.1, -0.05) is 4.47 Å². The maximum absolute atomic E-state index is 11.7. The van der Waals surface area contributed by atoms with Crippen molar-refractivity contribution in [1.29, 1.82) is 0 Å². The lowest BCUT2D eigenvalue weighted by atomic mass is 10.3. The van der Waals surface area contributed by atoms with Crippen molar-refractivity contribution in [2.75, 3.05) is 13.2 Å². The molecular weight excluding hydrogens is 194 g/mol. The van der Waals surface area contributed by atoms with Crippen LogP contribution in [-0.2, 0) is 14.9 Å². The molecule has 6 heteroatoms. The summed E-state index contributed by atoms with van der Waals surface area (Å²) in [5.41, 5.74) is 0. The molecule has 0 radical (unpaired) electrons. The van der Waals surface area contributed by atoms with E-state index in [4.69, 9.17) is 9.94 Å². The average Bonchev–Trinajstić information content (AvgIpc) is 2.33. The fraction of sp³-hybridized carbons (Fsp3) is 1.00. The van der Waals surface area contributed by atoms with Gasteiger partial charge in [0.05, 0.1) is 24.0 Å². The fourth-order valence-corrected chi connectivity index (χ4v) is 2.10. The summed E-state index contributed by atoms with van der Waals surface area (Å²) in [6, 6.07) is 0. The van der Waals surface area contributed by atoms with Crippen LogP contribution < -0.4 is 0 Å². The monoisotopic (exact) mass is 209 g/mol. The predicted molar refractivity (Wildman–Crippen MR) is 47.3 cm³/mol. The van der Waals surface area contributed by atoms with Crippen molar-refractivity contribution < 1.29 is 18.4 Å². The molecule has 1 atom stereocenters. The maximum atomic E-state index is 11.7. The Morgan fingerprint density at radius 1 is 1.46 bits per heavy atom. The number of hydrogen-bond donors (Lipinski definition) is 1. The van der Waals surface area contributed by atoms with Crippen LogP contribution in [0.5, 0.6) is 0 Å². The Hall–Kier alpha value is -0.170. The molecule has 78 valence electrons. The van der Waals surface area contributed by atoms with E-state index < -0.39 is 20.9 Å². The molecule has 1 heterocycles. The van der Waals surface area contributed by atoms with Crippen molar-refractivity contribution >= 4 is 10.0 Å². The Balaban J connectivity index is 2.84. The number of β-amino-alcohol motifs (C(OH)–C–C–N with tert-alkyl or cyclic N) is 1. The zero-order chi connectivity index (χ0) is 10.3. The molecule has 0 aromatic rings. The van der Waals surface area contributed by atoms with Crippen molar-refractivity contribution in [2.24, 2.45) is 0 Å². The lowest BCUT2D eigenvalue weighted by Gasteiger charge is -2.24. The van der Waals surface area contributed by atoms with Gasteiger partial charge in [0.15, 0.2) is 0 Å². The van der Waals surface area contributed by atoms with Gasteiger partial charge in [-0.15, -0.1) is 0 Å². The zero-order valence-corrected chi connectivity index (χ0v) is 8.84. The molecule has 13 heavy (non-hydrogen) atoms. The summed E-state index contributed by atoms with van der Waals surface area (Å²) < 4.78 is 23.4. The molecule has 1 N–H and O–H groups in total. The standard InChI is InChI=1S/C7H15NO4S/c1-7(2,3)13(10,11)8-4-6(9)5-12-8/h6,9H,4-5H2,1-3H3/t6-/m0/s1. The van der Waals surface area contributed by atoms with Gasteiger partial charge in [0.1, 0.15) is 0 Å². The van der Waals surface area contributed by atoms with E-state index in [9.17, 15) is 8.42 Å². The van der Waals surface area contributed by atoms with Crippen LogP contribution in [0.25, 0.3) is 0 Å². The summed E-state index contributed by atoms with van der Waals surface area (Å²) in [5.74, 6) is 0. The number of rotatable bonds is 1. The molecule has 1 saturated heterocycles. The summed E-state index contributed by atoms with van der Waals surface area (Å²) in [7, 11) is -3.46. The van der Waals surface area contributed by atoms with Gasteiger partial charge in [-0.2, -0.15) is 0 Å². The van der Waals surface area contributed by atoms with Crippen LogP contribution in [0.3, 0.4) is 0 Å². The van der Waals surface area contributed by atoms with Crippen LogP contribution in [0, 0.1) is 0 Å².